The number of hydrogen-bond donors (Lipinski definition) is 1. The molecule has 21 heavy (non-hydrogen) atoms. The molecule has 4 nitrogen and oxygen atoms in total. The first-order valence-electron chi connectivity index (χ1n) is 6.03. The fraction of sp³-hybridized carbons (Fsp3) is 0.0667. The second-order valence-corrected chi connectivity index (χ2v) is 6.21. The lowest BCUT2D eigenvalue weighted by Crippen LogP contribution is -2.21. The predicted octanol–water partition coefficient (Wildman–Crippen LogP) is 3.85. The maximum absolute atomic E-state index is 11.8. The van der Waals surface area contributed by atoms with Crippen LogP contribution in [0.2, 0.25) is 0 Å². The Bertz CT molecular complexity index is 658. The molecule has 0 saturated carbocycles. The lowest BCUT2D eigenvalue weighted by molar-refractivity contribution is -0.119. The van der Waals surface area contributed by atoms with E-state index in [-0.39, 0.29) is 12.5 Å². The quantitative estimate of drug-likeness (QED) is 0.558. The Hall–Kier alpha value is -1.41. The standard InChI is InChI=1S/C15H11BrINO3/c16-13-4-2-1-3-12(13)15(20)21-9-14(19)18-11-7-5-10(17)6-8-11/h1-8H,9H2,(H,18,19). The van der Waals surface area contributed by atoms with Crippen molar-refractivity contribution in [1.29, 1.82) is 0 Å². The lowest BCUT2D eigenvalue weighted by Gasteiger charge is -2.07. The Morgan fingerprint density at radius 1 is 1.10 bits per heavy atom. The maximum Gasteiger partial charge on any atom is 0.339 e. The number of ether oxygens (including phenoxy) is 1. The van der Waals surface area contributed by atoms with E-state index in [0.717, 1.165) is 3.57 Å². The van der Waals surface area contributed by atoms with E-state index in [9.17, 15) is 9.59 Å². The minimum absolute atomic E-state index is 0.327. The molecule has 0 fully saturated rings. The summed E-state index contributed by atoms with van der Waals surface area (Å²) in [5.74, 6) is -0.920. The molecule has 0 atom stereocenters. The zero-order valence-electron chi connectivity index (χ0n) is 10.8. The first-order chi connectivity index (χ1) is 10.1. The lowest BCUT2D eigenvalue weighted by atomic mass is 10.2. The van der Waals surface area contributed by atoms with E-state index in [1.54, 1.807) is 36.4 Å². The number of amides is 1. The van der Waals surface area contributed by atoms with Crippen molar-refractivity contribution < 1.29 is 14.3 Å². The highest BCUT2D eigenvalue weighted by Crippen LogP contribution is 2.16. The van der Waals surface area contributed by atoms with Crippen molar-refractivity contribution in [2.24, 2.45) is 0 Å². The summed E-state index contributed by atoms with van der Waals surface area (Å²) in [6, 6.07) is 14.2. The molecule has 0 unspecified atom stereocenters. The van der Waals surface area contributed by atoms with Crippen molar-refractivity contribution in [3.8, 4) is 0 Å². The van der Waals surface area contributed by atoms with Crippen LogP contribution in [0.5, 0.6) is 0 Å². The van der Waals surface area contributed by atoms with Gasteiger partial charge in [0.1, 0.15) is 0 Å². The van der Waals surface area contributed by atoms with Gasteiger partial charge in [0.15, 0.2) is 6.61 Å². The first kappa shape index (κ1) is 16.0. The van der Waals surface area contributed by atoms with E-state index in [4.69, 9.17) is 4.74 Å². The molecule has 0 radical (unpaired) electrons. The van der Waals surface area contributed by atoms with Gasteiger partial charge >= 0.3 is 5.97 Å². The van der Waals surface area contributed by atoms with Crippen LogP contribution in [0.15, 0.2) is 53.0 Å². The van der Waals surface area contributed by atoms with Gasteiger partial charge in [-0.3, -0.25) is 4.79 Å². The maximum atomic E-state index is 11.8. The molecule has 0 aliphatic carbocycles. The van der Waals surface area contributed by atoms with Gasteiger partial charge in [0, 0.05) is 13.7 Å². The summed E-state index contributed by atoms with van der Waals surface area (Å²) in [5, 5.41) is 2.66. The number of nitrogens with one attached hydrogen (secondary N) is 1. The third-order valence-electron chi connectivity index (χ3n) is 2.56. The Balaban J connectivity index is 1.88. The average Bonchev–Trinajstić information content (AvgIpc) is 2.48. The first-order valence-corrected chi connectivity index (χ1v) is 7.90. The van der Waals surface area contributed by atoms with Crippen molar-refractivity contribution in [2.75, 3.05) is 11.9 Å². The van der Waals surface area contributed by atoms with Gasteiger partial charge < -0.3 is 10.1 Å². The fourth-order valence-electron chi connectivity index (χ4n) is 1.57. The van der Waals surface area contributed by atoms with Crippen molar-refractivity contribution in [2.45, 2.75) is 0 Å². The predicted molar refractivity (Wildman–Crippen MR) is 92.2 cm³/mol. The van der Waals surface area contributed by atoms with E-state index in [0.29, 0.717) is 15.7 Å². The molecule has 0 bridgehead atoms. The Morgan fingerprint density at radius 2 is 1.76 bits per heavy atom. The molecule has 2 aromatic carbocycles. The van der Waals surface area contributed by atoms with Gasteiger partial charge in [0.05, 0.1) is 5.56 Å². The SMILES string of the molecule is O=C(COC(=O)c1ccccc1Br)Nc1ccc(I)cc1. The topological polar surface area (TPSA) is 55.4 Å². The van der Waals surface area contributed by atoms with Crippen LogP contribution in [0.4, 0.5) is 5.69 Å². The van der Waals surface area contributed by atoms with Crippen LogP contribution in [-0.2, 0) is 9.53 Å². The minimum Gasteiger partial charge on any atom is -0.452 e. The van der Waals surface area contributed by atoms with Crippen LogP contribution in [-0.4, -0.2) is 18.5 Å². The zero-order chi connectivity index (χ0) is 15.2. The normalized spacial score (nSPS) is 10.0. The summed E-state index contributed by atoms with van der Waals surface area (Å²) in [6.07, 6.45) is 0. The van der Waals surface area contributed by atoms with Crippen molar-refractivity contribution in [3.05, 3.63) is 62.1 Å². The average molecular weight is 460 g/mol. The Morgan fingerprint density at radius 3 is 2.43 bits per heavy atom. The number of esters is 1. The molecule has 6 heteroatoms. The fourth-order valence-corrected chi connectivity index (χ4v) is 2.37. The van der Waals surface area contributed by atoms with Gasteiger partial charge in [0.25, 0.3) is 5.91 Å². The molecule has 2 aromatic rings. The summed E-state index contributed by atoms with van der Waals surface area (Å²) >= 11 is 5.44. The Kier molecular flexibility index (Phi) is 5.75. The van der Waals surface area contributed by atoms with E-state index in [2.05, 4.69) is 43.8 Å². The van der Waals surface area contributed by atoms with Crippen molar-refractivity contribution >= 4 is 56.1 Å². The van der Waals surface area contributed by atoms with Gasteiger partial charge in [-0.2, -0.15) is 0 Å². The van der Waals surface area contributed by atoms with E-state index in [1.165, 1.54) is 0 Å². The minimum atomic E-state index is -0.541. The largest absolute Gasteiger partial charge is 0.452 e. The molecular formula is C15H11BrINO3. The molecule has 2 rings (SSSR count). The van der Waals surface area contributed by atoms with Gasteiger partial charge in [-0.05, 0) is 74.9 Å². The van der Waals surface area contributed by atoms with E-state index < -0.39 is 5.97 Å². The molecule has 0 aliphatic heterocycles. The summed E-state index contributed by atoms with van der Waals surface area (Å²) in [6.45, 7) is -0.327. The Labute approximate surface area is 144 Å². The van der Waals surface area contributed by atoms with Gasteiger partial charge in [-0.1, -0.05) is 12.1 Å². The summed E-state index contributed by atoms with van der Waals surface area (Å²) in [5.41, 5.74) is 1.05. The zero-order valence-corrected chi connectivity index (χ0v) is 14.6. The van der Waals surface area contributed by atoms with Crippen LogP contribution in [0.1, 0.15) is 10.4 Å². The number of rotatable bonds is 4. The molecule has 108 valence electrons. The second-order valence-electron chi connectivity index (χ2n) is 4.11. The smallest absolute Gasteiger partial charge is 0.339 e. The molecule has 0 spiro atoms. The number of carbonyl (C=O) groups excluding carboxylic acids is 2. The number of hydrogen-bond acceptors (Lipinski definition) is 3. The molecule has 0 aliphatic rings. The molecule has 1 amide bonds. The molecule has 0 saturated heterocycles. The summed E-state index contributed by atoms with van der Waals surface area (Å²) < 4.78 is 6.69. The van der Waals surface area contributed by atoms with Gasteiger partial charge in [0.2, 0.25) is 0 Å². The highest BCUT2D eigenvalue weighted by Gasteiger charge is 2.12. The molecular weight excluding hydrogens is 449 g/mol. The van der Waals surface area contributed by atoms with Crippen molar-refractivity contribution in [3.63, 3.8) is 0 Å². The third kappa shape index (κ3) is 4.82. The van der Waals surface area contributed by atoms with Crippen LogP contribution in [0.3, 0.4) is 0 Å². The van der Waals surface area contributed by atoms with E-state index >= 15 is 0 Å². The molecule has 0 heterocycles. The van der Waals surface area contributed by atoms with Crippen LogP contribution in [0, 0.1) is 3.57 Å². The van der Waals surface area contributed by atoms with Crippen LogP contribution < -0.4 is 5.32 Å². The number of halogens is 2. The monoisotopic (exact) mass is 459 g/mol. The third-order valence-corrected chi connectivity index (χ3v) is 3.97. The van der Waals surface area contributed by atoms with Gasteiger partial charge in [-0.15, -0.1) is 0 Å². The summed E-state index contributed by atoms with van der Waals surface area (Å²) in [7, 11) is 0. The highest BCUT2D eigenvalue weighted by atomic mass is 127. The molecule has 1 N–H and O–H groups in total. The number of benzene rings is 2. The van der Waals surface area contributed by atoms with Crippen LogP contribution >= 0.6 is 38.5 Å². The summed E-state index contributed by atoms with van der Waals surface area (Å²) in [4.78, 5) is 23.5. The number of carbonyl (C=O) groups is 2. The van der Waals surface area contributed by atoms with Gasteiger partial charge in [-0.25, -0.2) is 4.79 Å². The van der Waals surface area contributed by atoms with E-state index in [1.807, 2.05) is 12.1 Å². The van der Waals surface area contributed by atoms with Crippen molar-refractivity contribution in [1.82, 2.24) is 0 Å². The second kappa shape index (κ2) is 7.56. The van der Waals surface area contributed by atoms with Crippen LogP contribution in [0.25, 0.3) is 0 Å². The molecule has 0 aromatic heterocycles. The highest BCUT2D eigenvalue weighted by molar-refractivity contribution is 14.1. The number of anilines is 1.